The molecule has 1 aliphatic heterocycles. The lowest BCUT2D eigenvalue weighted by atomic mass is 10.1. The first-order valence-corrected chi connectivity index (χ1v) is 7.43. The lowest BCUT2D eigenvalue weighted by molar-refractivity contribution is -0.122. The van der Waals surface area contributed by atoms with Crippen molar-refractivity contribution in [1.82, 2.24) is 5.32 Å². The van der Waals surface area contributed by atoms with E-state index >= 15 is 0 Å². The minimum absolute atomic E-state index is 0.249. The minimum atomic E-state index is -0.872. The van der Waals surface area contributed by atoms with Gasteiger partial charge in [0, 0.05) is 5.02 Å². The molecule has 1 saturated heterocycles. The molecule has 4 amide bonds. The normalized spacial score (nSPS) is 16.3. The molecule has 1 aliphatic rings. The van der Waals surface area contributed by atoms with Crippen LogP contribution in [0.4, 0.5) is 10.5 Å². The molecule has 3 N–H and O–H groups in total. The Balaban J connectivity index is 2.01. The van der Waals surface area contributed by atoms with E-state index in [2.05, 4.69) is 5.32 Å². The molecule has 1 heterocycles. The number of hydrogen-bond acceptors (Lipinski definition) is 5. The van der Waals surface area contributed by atoms with Crippen LogP contribution in [0, 0.1) is 0 Å². The third-order valence-corrected chi connectivity index (χ3v) is 3.75. The van der Waals surface area contributed by atoms with Crippen LogP contribution in [-0.2, 0) is 9.59 Å². The number of amides is 4. The second kappa shape index (κ2) is 6.29. The number of carbonyl (C=O) groups excluding carboxylic acids is 3. The molecule has 1 fully saturated rings. The standard InChI is InChI=1S/C17H11ClN2O5/c18-10-2-4-11(5-3-10)20-16(24)12(15(23)19-17(20)25)7-9-1-6-13(21)14(22)8-9/h1-8,21-22H,(H,19,23,25). The quantitative estimate of drug-likeness (QED) is 0.434. The van der Waals surface area contributed by atoms with Gasteiger partial charge in [0.25, 0.3) is 11.8 Å². The molecule has 0 aromatic heterocycles. The number of phenolic OH excluding ortho intramolecular Hbond substituents is 2. The number of urea groups is 1. The zero-order valence-corrected chi connectivity index (χ0v) is 13.3. The van der Waals surface area contributed by atoms with Crippen LogP contribution >= 0.6 is 11.6 Å². The summed E-state index contributed by atoms with van der Waals surface area (Å²) in [5, 5.41) is 21.4. The molecule has 2 aromatic rings. The van der Waals surface area contributed by atoms with Crippen LogP contribution in [-0.4, -0.2) is 28.1 Å². The summed E-state index contributed by atoms with van der Waals surface area (Å²) in [7, 11) is 0. The van der Waals surface area contributed by atoms with Gasteiger partial charge in [-0.15, -0.1) is 0 Å². The highest BCUT2D eigenvalue weighted by Crippen LogP contribution is 2.27. The van der Waals surface area contributed by atoms with Crippen molar-refractivity contribution in [1.29, 1.82) is 0 Å². The number of benzene rings is 2. The van der Waals surface area contributed by atoms with Crippen molar-refractivity contribution in [2.75, 3.05) is 4.90 Å². The Morgan fingerprint density at radius 1 is 0.960 bits per heavy atom. The Morgan fingerprint density at radius 2 is 1.64 bits per heavy atom. The number of nitrogens with one attached hydrogen (secondary N) is 1. The number of rotatable bonds is 2. The highest BCUT2D eigenvalue weighted by Gasteiger charge is 2.36. The van der Waals surface area contributed by atoms with Crippen molar-refractivity contribution in [3.05, 3.63) is 58.6 Å². The van der Waals surface area contributed by atoms with E-state index in [1.165, 1.54) is 48.5 Å². The van der Waals surface area contributed by atoms with Gasteiger partial charge in [-0.05, 0) is 48.0 Å². The Hall–Kier alpha value is -3.32. The monoisotopic (exact) mass is 358 g/mol. The zero-order valence-electron chi connectivity index (χ0n) is 12.6. The van der Waals surface area contributed by atoms with Gasteiger partial charge in [-0.1, -0.05) is 17.7 Å². The molecule has 0 atom stereocenters. The number of hydrogen-bond donors (Lipinski definition) is 3. The molecule has 0 unspecified atom stereocenters. The molecule has 8 heteroatoms. The fourth-order valence-corrected chi connectivity index (χ4v) is 2.41. The van der Waals surface area contributed by atoms with Crippen LogP contribution in [0.3, 0.4) is 0 Å². The number of barbiturate groups is 1. The summed E-state index contributed by atoms with van der Waals surface area (Å²) in [5.41, 5.74) is 0.262. The maximum absolute atomic E-state index is 12.6. The maximum atomic E-state index is 12.6. The zero-order chi connectivity index (χ0) is 18.1. The topological polar surface area (TPSA) is 107 Å². The van der Waals surface area contributed by atoms with Gasteiger partial charge in [0.2, 0.25) is 0 Å². The summed E-state index contributed by atoms with van der Waals surface area (Å²) < 4.78 is 0. The SMILES string of the molecule is O=C1NC(=O)N(c2ccc(Cl)cc2)C(=O)C1=Cc1ccc(O)c(O)c1. The number of carbonyl (C=O) groups is 3. The lowest BCUT2D eigenvalue weighted by Gasteiger charge is -2.26. The number of halogens is 1. The first kappa shape index (κ1) is 16.5. The predicted molar refractivity (Wildman–Crippen MR) is 90.2 cm³/mol. The van der Waals surface area contributed by atoms with Crippen LogP contribution in [0.1, 0.15) is 5.56 Å². The second-order valence-corrected chi connectivity index (χ2v) is 5.62. The van der Waals surface area contributed by atoms with Crippen molar-refractivity contribution < 1.29 is 24.6 Å². The van der Waals surface area contributed by atoms with Gasteiger partial charge in [0.05, 0.1) is 5.69 Å². The molecule has 0 spiro atoms. The summed E-state index contributed by atoms with van der Waals surface area (Å²) in [6, 6.07) is 8.90. The van der Waals surface area contributed by atoms with Crippen molar-refractivity contribution in [3.8, 4) is 11.5 Å². The fraction of sp³-hybridized carbons (Fsp3) is 0. The van der Waals surface area contributed by atoms with Crippen LogP contribution in [0.15, 0.2) is 48.0 Å². The van der Waals surface area contributed by atoms with E-state index in [0.29, 0.717) is 10.6 Å². The van der Waals surface area contributed by atoms with Crippen LogP contribution in [0.5, 0.6) is 11.5 Å². The van der Waals surface area contributed by atoms with Gasteiger partial charge in [0.1, 0.15) is 5.57 Å². The van der Waals surface area contributed by atoms with E-state index in [-0.39, 0.29) is 17.0 Å². The van der Waals surface area contributed by atoms with E-state index in [1.807, 2.05) is 0 Å². The maximum Gasteiger partial charge on any atom is 0.335 e. The van der Waals surface area contributed by atoms with Crippen LogP contribution in [0.2, 0.25) is 5.02 Å². The molecule has 126 valence electrons. The van der Waals surface area contributed by atoms with Gasteiger partial charge >= 0.3 is 6.03 Å². The summed E-state index contributed by atoms with van der Waals surface area (Å²) >= 11 is 5.80. The fourth-order valence-electron chi connectivity index (χ4n) is 2.28. The first-order chi connectivity index (χ1) is 11.9. The Labute approximate surface area is 146 Å². The second-order valence-electron chi connectivity index (χ2n) is 5.18. The van der Waals surface area contributed by atoms with Gasteiger partial charge in [-0.2, -0.15) is 0 Å². The third kappa shape index (κ3) is 3.17. The van der Waals surface area contributed by atoms with E-state index in [0.717, 1.165) is 4.90 Å². The van der Waals surface area contributed by atoms with Gasteiger partial charge in [-0.3, -0.25) is 14.9 Å². The minimum Gasteiger partial charge on any atom is -0.504 e. The smallest absolute Gasteiger partial charge is 0.335 e. The van der Waals surface area contributed by atoms with E-state index in [1.54, 1.807) is 0 Å². The number of phenols is 2. The number of imide groups is 2. The summed E-state index contributed by atoms with van der Waals surface area (Å²) in [6.45, 7) is 0. The highest BCUT2D eigenvalue weighted by atomic mass is 35.5. The number of aromatic hydroxyl groups is 2. The van der Waals surface area contributed by atoms with Crippen molar-refractivity contribution in [2.45, 2.75) is 0 Å². The largest absolute Gasteiger partial charge is 0.504 e. The van der Waals surface area contributed by atoms with Gasteiger partial charge in [0.15, 0.2) is 11.5 Å². The first-order valence-electron chi connectivity index (χ1n) is 7.06. The average molecular weight is 359 g/mol. The van der Waals surface area contributed by atoms with Crippen molar-refractivity contribution >= 4 is 41.2 Å². The lowest BCUT2D eigenvalue weighted by Crippen LogP contribution is -2.54. The molecule has 0 saturated carbocycles. The van der Waals surface area contributed by atoms with Crippen LogP contribution < -0.4 is 10.2 Å². The number of nitrogens with zero attached hydrogens (tertiary/aromatic N) is 1. The molecular weight excluding hydrogens is 348 g/mol. The van der Waals surface area contributed by atoms with Gasteiger partial charge < -0.3 is 10.2 Å². The molecular formula is C17H11ClN2O5. The molecule has 3 rings (SSSR count). The molecule has 2 aromatic carbocycles. The number of anilines is 1. The van der Waals surface area contributed by atoms with E-state index in [9.17, 15) is 24.6 Å². The molecule has 0 bridgehead atoms. The van der Waals surface area contributed by atoms with E-state index in [4.69, 9.17) is 11.6 Å². The molecule has 7 nitrogen and oxygen atoms in total. The Morgan fingerprint density at radius 3 is 2.28 bits per heavy atom. The van der Waals surface area contributed by atoms with Crippen molar-refractivity contribution in [3.63, 3.8) is 0 Å². The van der Waals surface area contributed by atoms with Crippen LogP contribution in [0.25, 0.3) is 6.08 Å². The van der Waals surface area contributed by atoms with Gasteiger partial charge in [-0.25, -0.2) is 9.69 Å². The predicted octanol–water partition coefficient (Wildman–Crippen LogP) is 2.42. The third-order valence-electron chi connectivity index (χ3n) is 3.50. The summed E-state index contributed by atoms with van der Waals surface area (Å²) in [6.07, 6.45) is 1.21. The molecule has 25 heavy (non-hydrogen) atoms. The Kier molecular flexibility index (Phi) is 4.16. The average Bonchev–Trinajstić information content (AvgIpc) is 2.56. The highest BCUT2D eigenvalue weighted by molar-refractivity contribution is 6.39. The Bertz CT molecular complexity index is 921. The van der Waals surface area contributed by atoms with Crippen molar-refractivity contribution in [2.24, 2.45) is 0 Å². The molecule has 0 radical (unpaired) electrons. The summed E-state index contributed by atoms with van der Waals surface area (Å²) in [4.78, 5) is 37.5. The van der Waals surface area contributed by atoms with E-state index < -0.39 is 23.6 Å². The molecule has 0 aliphatic carbocycles. The summed E-state index contributed by atoms with van der Waals surface area (Å²) in [5.74, 6) is -2.40.